The number of rotatable bonds is 6. The zero-order chi connectivity index (χ0) is 16.1. The number of nitrogens with zero attached hydrogens (tertiary/aromatic N) is 1. The van der Waals surface area contributed by atoms with Gasteiger partial charge in [0.05, 0.1) is 18.1 Å². The third-order valence-electron chi connectivity index (χ3n) is 2.99. The summed E-state index contributed by atoms with van der Waals surface area (Å²) < 4.78 is 10.7. The van der Waals surface area contributed by atoms with E-state index in [1.807, 2.05) is 0 Å². The van der Waals surface area contributed by atoms with Crippen molar-refractivity contribution >= 4 is 11.6 Å². The van der Waals surface area contributed by atoms with Crippen molar-refractivity contribution in [1.82, 2.24) is 0 Å². The van der Waals surface area contributed by atoms with Crippen LogP contribution in [0.3, 0.4) is 0 Å². The number of methoxy groups -OCH3 is 1. The summed E-state index contributed by atoms with van der Waals surface area (Å²) in [4.78, 5) is 21.2. The van der Waals surface area contributed by atoms with E-state index in [0.717, 1.165) is 5.56 Å². The summed E-state index contributed by atoms with van der Waals surface area (Å²) in [6.45, 7) is 0.229. The van der Waals surface area contributed by atoms with Gasteiger partial charge in [-0.3, -0.25) is 14.9 Å². The Labute approximate surface area is 126 Å². The molecule has 0 aromatic heterocycles. The highest BCUT2D eigenvalue weighted by Gasteiger charge is 2.12. The first-order chi connectivity index (χ1) is 10.5. The molecule has 0 unspecified atom stereocenters. The first kappa shape index (κ1) is 15.3. The van der Waals surface area contributed by atoms with Gasteiger partial charge in [-0.25, -0.2) is 0 Å². The minimum absolute atomic E-state index is 0.0741. The van der Waals surface area contributed by atoms with Crippen molar-refractivity contribution in [3.8, 4) is 11.5 Å². The van der Waals surface area contributed by atoms with Gasteiger partial charge in [-0.2, -0.15) is 0 Å². The molecule has 0 saturated carbocycles. The van der Waals surface area contributed by atoms with Gasteiger partial charge in [0, 0.05) is 11.6 Å². The van der Waals surface area contributed by atoms with Crippen LogP contribution in [0.4, 0.5) is 5.69 Å². The van der Waals surface area contributed by atoms with Crippen molar-refractivity contribution in [2.45, 2.75) is 6.61 Å². The van der Waals surface area contributed by atoms with Crippen molar-refractivity contribution < 1.29 is 19.2 Å². The highest BCUT2D eigenvalue weighted by Crippen LogP contribution is 2.31. The molecule has 7 heteroatoms. The van der Waals surface area contributed by atoms with E-state index in [1.165, 1.54) is 25.3 Å². The van der Waals surface area contributed by atoms with E-state index in [1.54, 1.807) is 24.3 Å². The van der Waals surface area contributed by atoms with Crippen LogP contribution in [-0.4, -0.2) is 17.9 Å². The lowest BCUT2D eigenvalue weighted by Gasteiger charge is -2.10. The Morgan fingerprint density at radius 2 is 1.86 bits per heavy atom. The normalized spacial score (nSPS) is 10.0. The minimum atomic E-state index is -0.505. The Balaban J connectivity index is 2.10. The highest BCUT2D eigenvalue weighted by molar-refractivity contribution is 5.92. The number of primary amides is 1. The van der Waals surface area contributed by atoms with E-state index in [4.69, 9.17) is 15.2 Å². The number of hydrogen-bond acceptors (Lipinski definition) is 5. The molecule has 0 aliphatic carbocycles. The summed E-state index contributed by atoms with van der Waals surface area (Å²) in [6.07, 6.45) is 0. The lowest BCUT2D eigenvalue weighted by Crippen LogP contribution is -2.10. The van der Waals surface area contributed by atoms with Crippen molar-refractivity contribution in [2.75, 3.05) is 7.11 Å². The fourth-order valence-electron chi connectivity index (χ4n) is 1.82. The quantitative estimate of drug-likeness (QED) is 0.651. The highest BCUT2D eigenvalue weighted by atomic mass is 16.6. The number of carbonyl (C=O) groups excluding carboxylic acids is 1. The monoisotopic (exact) mass is 302 g/mol. The van der Waals surface area contributed by atoms with E-state index >= 15 is 0 Å². The first-order valence-corrected chi connectivity index (χ1v) is 6.35. The average Bonchev–Trinajstić information content (AvgIpc) is 2.52. The Morgan fingerprint density at radius 1 is 1.18 bits per heavy atom. The van der Waals surface area contributed by atoms with Crippen LogP contribution >= 0.6 is 0 Å². The number of nitrogens with two attached hydrogens (primary N) is 1. The fourth-order valence-corrected chi connectivity index (χ4v) is 1.82. The second-order valence-corrected chi connectivity index (χ2v) is 4.44. The maximum Gasteiger partial charge on any atom is 0.273 e. The Kier molecular flexibility index (Phi) is 4.57. The standard InChI is InChI=1S/C15H14N2O5/c1-21-14-8-12(17(19)20)6-7-13(14)22-9-10-2-4-11(5-3-10)15(16)18/h2-8H,9H2,1H3,(H2,16,18). The largest absolute Gasteiger partial charge is 0.493 e. The Bertz CT molecular complexity index is 698. The van der Waals surface area contributed by atoms with Gasteiger partial charge < -0.3 is 15.2 Å². The summed E-state index contributed by atoms with van der Waals surface area (Å²) >= 11 is 0. The van der Waals surface area contributed by atoms with Crippen LogP contribution in [0.5, 0.6) is 11.5 Å². The molecule has 2 rings (SSSR count). The summed E-state index contributed by atoms with van der Waals surface area (Å²) in [5.74, 6) is 0.180. The molecule has 0 radical (unpaired) electrons. The lowest BCUT2D eigenvalue weighted by atomic mass is 10.1. The Hall–Kier alpha value is -3.09. The van der Waals surface area contributed by atoms with Gasteiger partial charge in [-0.1, -0.05) is 12.1 Å². The summed E-state index contributed by atoms with van der Waals surface area (Å²) in [6, 6.07) is 10.8. The summed E-state index contributed by atoms with van der Waals surface area (Å²) in [7, 11) is 1.41. The van der Waals surface area contributed by atoms with Crippen LogP contribution in [0.25, 0.3) is 0 Å². The van der Waals surface area contributed by atoms with Crippen LogP contribution in [0.1, 0.15) is 15.9 Å². The molecule has 0 aliphatic heterocycles. The SMILES string of the molecule is COc1cc([N+](=O)[O-])ccc1OCc1ccc(C(N)=O)cc1. The minimum Gasteiger partial charge on any atom is -0.493 e. The number of amides is 1. The number of nitro benzene ring substituents is 1. The molecule has 7 nitrogen and oxygen atoms in total. The maximum absolute atomic E-state index is 11.0. The van der Waals surface area contributed by atoms with Gasteiger partial charge in [0.15, 0.2) is 11.5 Å². The van der Waals surface area contributed by atoms with E-state index in [9.17, 15) is 14.9 Å². The van der Waals surface area contributed by atoms with E-state index in [0.29, 0.717) is 11.3 Å². The van der Waals surface area contributed by atoms with Crippen LogP contribution in [-0.2, 0) is 6.61 Å². The molecule has 0 bridgehead atoms. The molecule has 2 aromatic rings. The predicted molar refractivity (Wildman–Crippen MR) is 78.9 cm³/mol. The van der Waals surface area contributed by atoms with Gasteiger partial charge in [0.25, 0.3) is 5.69 Å². The molecule has 0 spiro atoms. The first-order valence-electron chi connectivity index (χ1n) is 6.35. The molecule has 0 fully saturated rings. The summed E-state index contributed by atoms with van der Waals surface area (Å²) in [5, 5.41) is 10.7. The molecule has 0 aliphatic rings. The maximum atomic E-state index is 11.0. The van der Waals surface area contributed by atoms with Crippen molar-refractivity contribution in [3.63, 3.8) is 0 Å². The molecule has 1 amide bonds. The topological polar surface area (TPSA) is 105 Å². The molecule has 0 atom stereocenters. The second kappa shape index (κ2) is 6.57. The number of hydrogen-bond donors (Lipinski definition) is 1. The molecular formula is C15H14N2O5. The smallest absolute Gasteiger partial charge is 0.273 e. The van der Waals surface area contributed by atoms with Crippen molar-refractivity contribution in [3.05, 3.63) is 63.7 Å². The third-order valence-corrected chi connectivity index (χ3v) is 2.99. The molecule has 0 saturated heterocycles. The summed E-state index contributed by atoms with van der Waals surface area (Å²) in [5.41, 5.74) is 6.33. The molecule has 0 heterocycles. The van der Waals surface area contributed by atoms with Gasteiger partial charge in [-0.05, 0) is 23.8 Å². The van der Waals surface area contributed by atoms with Crippen LogP contribution in [0.2, 0.25) is 0 Å². The van der Waals surface area contributed by atoms with Crippen molar-refractivity contribution in [1.29, 1.82) is 0 Å². The average molecular weight is 302 g/mol. The molecule has 114 valence electrons. The number of non-ortho nitro benzene ring substituents is 1. The number of ether oxygens (including phenoxy) is 2. The zero-order valence-electron chi connectivity index (χ0n) is 11.8. The second-order valence-electron chi connectivity index (χ2n) is 4.44. The van der Waals surface area contributed by atoms with Crippen LogP contribution in [0.15, 0.2) is 42.5 Å². The lowest BCUT2D eigenvalue weighted by molar-refractivity contribution is -0.385. The van der Waals surface area contributed by atoms with E-state index < -0.39 is 10.8 Å². The van der Waals surface area contributed by atoms with Crippen LogP contribution in [0, 0.1) is 10.1 Å². The van der Waals surface area contributed by atoms with E-state index in [-0.39, 0.29) is 18.0 Å². The molecular weight excluding hydrogens is 288 g/mol. The molecule has 22 heavy (non-hydrogen) atoms. The van der Waals surface area contributed by atoms with E-state index in [2.05, 4.69) is 0 Å². The van der Waals surface area contributed by atoms with Crippen molar-refractivity contribution in [2.24, 2.45) is 5.73 Å². The number of benzene rings is 2. The van der Waals surface area contributed by atoms with Gasteiger partial charge in [-0.15, -0.1) is 0 Å². The van der Waals surface area contributed by atoms with Gasteiger partial charge >= 0.3 is 0 Å². The zero-order valence-corrected chi connectivity index (χ0v) is 11.8. The van der Waals surface area contributed by atoms with Crippen LogP contribution < -0.4 is 15.2 Å². The Morgan fingerprint density at radius 3 is 2.41 bits per heavy atom. The molecule has 2 N–H and O–H groups in total. The number of carbonyl (C=O) groups is 1. The fraction of sp³-hybridized carbons (Fsp3) is 0.133. The number of nitro groups is 1. The third kappa shape index (κ3) is 3.51. The van der Waals surface area contributed by atoms with Gasteiger partial charge in [0.2, 0.25) is 5.91 Å². The molecule has 2 aromatic carbocycles. The van der Waals surface area contributed by atoms with Gasteiger partial charge in [0.1, 0.15) is 6.61 Å². The predicted octanol–water partition coefficient (Wildman–Crippen LogP) is 2.28.